The lowest BCUT2D eigenvalue weighted by molar-refractivity contribution is -0.362. The smallest absolute Gasteiger partial charge is 0.187 e. The maximum absolute atomic E-state index is 7.17. The number of methoxy groups -OCH3 is 1. The van der Waals surface area contributed by atoms with Crippen LogP contribution >= 0.6 is 0 Å². The molecule has 2 heterocycles. The van der Waals surface area contributed by atoms with Crippen molar-refractivity contribution < 1.29 is 47.4 Å². The SMILES string of the molecule is COC1OCC(OC2OC(COCc3ccccc3)C(OCc3ccccc3)C(OCc3ccccc3)C2OCc2ccccc2)C(OCc2ccccc2)C1OCc1ccccc1. The predicted molar refractivity (Wildman–Crippen MR) is 241 cm³/mol. The highest BCUT2D eigenvalue weighted by Crippen LogP contribution is 2.35. The molecule has 6 aromatic carbocycles. The van der Waals surface area contributed by atoms with Gasteiger partial charge in [-0.15, -0.1) is 0 Å². The molecule has 2 fully saturated rings. The van der Waals surface area contributed by atoms with E-state index in [4.69, 9.17) is 47.4 Å². The van der Waals surface area contributed by atoms with Gasteiger partial charge in [-0.1, -0.05) is 182 Å². The van der Waals surface area contributed by atoms with Gasteiger partial charge in [0.2, 0.25) is 0 Å². The molecule has 9 unspecified atom stereocenters. The van der Waals surface area contributed by atoms with Crippen LogP contribution in [0.15, 0.2) is 182 Å². The standard InChI is InChI=1S/C54H58O10/c1-55-53-51(60-36-44-28-16-6-17-29-44)49(58-34-42-24-12-4-13-25-42)47(39-62-53)64-54-52(61-37-45-30-18-7-19-31-45)50(59-35-43-26-14-5-15-27-43)48(57-33-41-22-10-3-11-23-41)46(63-54)38-56-32-40-20-8-2-9-21-40/h2-31,46-54H,32-39H2,1H3. The monoisotopic (exact) mass is 866 g/mol. The molecule has 2 saturated heterocycles. The van der Waals surface area contributed by atoms with Crippen molar-refractivity contribution in [2.24, 2.45) is 0 Å². The van der Waals surface area contributed by atoms with Crippen molar-refractivity contribution >= 4 is 0 Å². The molecule has 0 spiro atoms. The second kappa shape index (κ2) is 24.3. The first-order chi connectivity index (χ1) is 31.7. The summed E-state index contributed by atoms with van der Waals surface area (Å²) in [7, 11) is 1.61. The van der Waals surface area contributed by atoms with Crippen LogP contribution in [0.5, 0.6) is 0 Å². The molecular formula is C54H58O10. The molecule has 2 aliphatic heterocycles. The zero-order valence-corrected chi connectivity index (χ0v) is 36.3. The molecule has 0 radical (unpaired) electrons. The average molecular weight is 867 g/mol. The van der Waals surface area contributed by atoms with Crippen LogP contribution in [0.2, 0.25) is 0 Å². The largest absolute Gasteiger partial charge is 0.374 e. The fraction of sp³-hybridized carbons (Fsp3) is 0.333. The highest BCUT2D eigenvalue weighted by Gasteiger charge is 2.52. The van der Waals surface area contributed by atoms with Gasteiger partial charge in [0.1, 0.15) is 42.7 Å². The summed E-state index contributed by atoms with van der Waals surface area (Å²) in [5.41, 5.74) is 6.06. The molecule has 334 valence electrons. The van der Waals surface area contributed by atoms with Gasteiger partial charge in [0.25, 0.3) is 0 Å². The molecule has 2 aliphatic rings. The fourth-order valence-electron chi connectivity index (χ4n) is 8.00. The maximum atomic E-state index is 7.17. The molecule has 9 atom stereocenters. The normalized spacial score (nSPS) is 24.6. The number of hydrogen-bond donors (Lipinski definition) is 0. The van der Waals surface area contributed by atoms with Gasteiger partial charge in [-0.05, 0) is 33.4 Å². The van der Waals surface area contributed by atoms with Gasteiger partial charge in [-0.3, -0.25) is 0 Å². The zero-order chi connectivity index (χ0) is 43.6. The van der Waals surface area contributed by atoms with Crippen LogP contribution < -0.4 is 0 Å². The second-order valence-corrected chi connectivity index (χ2v) is 16.0. The molecule has 0 bridgehead atoms. The minimum absolute atomic E-state index is 0.132. The Kier molecular flexibility index (Phi) is 17.3. The number of rotatable bonds is 22. The van der Waals surface area contributed by atoms with Gasteiger partial charge in [0.05, 0.1) is 52.9 Å². The van der Waals surface area contributed by atoms with Gasteiger partial charge in [0.15, 0.2) is 12.6 Å². The molecule has 6 aromatic rings. The number of ether oxygens (including phenoxy) is 10. The van der Waals surface area contributed by atoms with Crippen LogP contribution in [-0.4, -0.2) is 75.6 Å². The Morgan fingerprint density at radius 2 is 0.734 bits per heavy atom. The van der Waals surface area contributed by atoms with Crippen LogP contribution in [0.25, 0.3) is 0 Å². The third kappa shape index (κ3) is 13.0. The zero-order valence-electron chi connectivity index (χ0n) is 36.3. The predicted octanol–water partition coefficient (Wildman–Crippen LogP) is 9.24. The minimum Gasteiger partial charge on any atom is -0.374 e. The highest BCUT2D eigenvalue weighted by atomic mass is 16.8. The van der Waals surface area contributed by atoms with Crippen molar-refractivity contribution in [1.82, 2.24) is 0 Å². The van der Waals surface area contributed by atoms with E-state index < -0.39 is 55.3 Å². The first kappa shape index (κ1) is 45.5. The van der Waals surface area contributed by atoms with Crippen LogP contribution in [0, 0.1) is 0 Å². The lowest BCUT2D eigenvalue weighted by Gasteiger charge is -2.48. The second-order valence-electron chi connectivity index (χ2n) is 16.0. The Morgan fingerprint density at radius 1 is 0.391 bits per heavy atom. The Morgan fingerprint density at radius 3 is 1.14 bits per heavy atom. The van der Waals surface area contributed by atoms with E-state index in [0.717, 1.165) is 33.4 Å². The van der Waals surface area contributed by atoms with Crippen molar-refractivity contribution in [2.75, 3.05) is 20.3 Å². The van der Waals surface area contributed by atoms with E-state index in [1.165, 1.54) is 0 Å². The first-order valence-electron chi connectivity index (χ1n) is 22.0. The molecule has 0 saturated carbocycles. The van der Waals surface area contributed by atoms with Crippen molar-refractivity contribution in [1.29, 1.82) is 0 Å². The van der Waals surface area contributed by atoms with Crippen molar-refractivity contribution in [2.45, 2.75) is 94.9 Å². The summed E-state index contributed by atoms with van der Waals surface area (Å²) < 4.78 is 67.2. The lowest BCUT2D eigenvalue weighted by Crippen LogP contribution is -2.64. The summed E-state index contributed by atoms with van der Waals surface area (Å²) in [4.78, 5) is 0. The first-order valence-corrected chi connectivity index (χ1v) is 22.0. The fourth-order valence-corrected chi connectivity index (χ4v) is 8.00. The number of benzene rings is 6. The van der Waals surface area contributed by atoms with E-state index >= 15 is 0 Å². The Labute approximate surface area is 376 Å². The third-order valence-corrected chi connectivity index (χ3v) is 11.3. The Bertz CT molecular complexity index is 2170. The van der Waals surface area contributed by atoms with Crippen molar-refractivity contribution in [3.8, 4) is 0 Å². The topological polar surface area (TPSA) is 92.3 Å². The molecule has 0 N–H and O–H groups in total. The molecule has 10 heteroatoms. The molecule has 10 nitrogen and oxygen atoms in total. The Balaban J connectivity index is 1.13. The minimum atomic E-state index is -0.989. The van der Waals surface area contributed by atoms with E-state index in [1.54, 1.807) is 7.11 Å². The van der Waals surface area contributed by atoms with Gasteiger partial charge in [-0.25, -0.2) is 0 Å². The van der Waals surface area contributed by atoms with Crippen LogP contribution in [0.4, 0.5) is 0 Å². The van der Waals surface area contributed by atoms with E-state index in [-0.39, 0.29) is 19.8 Å². The van der Waals surface area contributed by atoms with E-state index in [9.17, 15) is 0 Å². The molecule has 64 heavy (non-hydrogen) atoms. The lowest BCUT2D eigenvalue weighted by atomic mass is 9.97. The van der Waals surface area contributed by atoms with Crippen molar-refractivity contribution in [3.63, 3.8) is 0 Å². The summed E-state index contributed by atoms with van der Waals surface area (Å²) in [5.74, 6) is 0. The van der Waals surface area contributed by atoms with E-state index in [1.807, 2.05) is 182 Å². The van der Waals surface area contributed by atoms with E-state index in [2.05, 4.69) is 0 Å². The molecule has 0 amide bonds. The average Bonchev–Trinajstić information content (AvgIpc) is 3.36. The summed E-state index contributed by atoms with van der Waals surface area (Å²) in [6, 6.07) is 60.3. The third-order valence-electron chi connectivity index (χ3n) is 11.3. The molecular weight excluding hydrogens is 809 g/mol. The Hall–Kier alpha value is -5.08. The van der Waals surface area contributed by atoms with Crippen molar-refractivity contribution in [3.05, 3.63) is 215 Å². The summed E-state index contributed by atoms with van der Waals surface area (Å²) in [6.07, 6.45) is -6.45. The van der Waals surface area contributed by atoms with Crippen LogP contribution in [-0.2, 0) is 87.0 Å². The molecule has 8 rings (SSSR count). The van der Waals surface area contributed by atoms with Gasteiger partial charge in [-0.2, -0.15) is 0 Å². The number of hydrogen-bond acceptors (Lipinski definition) is 10. The van der Waals surface area contributed by atoms with Gasteiger partial charge >= 0.3 is 0 Å². The maximum Gasteiger partial charge on any atom is 0.187 e. The van der Waals surface area contributed by atoms with Gasteiger partial charge in [0, 0.05) is 7.11 Å². The van der Waals surface area contributed by atoms with Gasteiger partial charge < -0.3 is 47.4 Å². The van der Waals surface area contributed by atoms with Crippen LogP contribution in [0.1, 0.15) is 33.4 Å². The highest BCUT2D eigenvalue weighted by molar-refractivity contribution is 5.18. The van der Waals surface area contributed by atoms with E-state index in [0.29, 0.717) is 33.0 Å². The summed E-state index contributed by atoms with van der Waals surface area (Å²) >= 11 is 0. The quantitative estimate of drug-likeness (QED) is 0.0658. The summed E-state index contributed by atoms with van der Waals surface area (Å²) in [6.45, 7) is 2.20. The molecule has 0 aromatic heterocycles. The van der Waals surface area contributed by atoms with Crippen LogP contribution in [0.3, 0.4) is 0 Å². The molecule has 0 aliphatic carbocycles. The summed E-state index contributed by atoms with van der Waals surface area (Å²) in [5, 5.41) is 0.